The summed E-state index contributed by atoms with van der Waals surface area (Å²) in [4.78, 5) is 13.9. The second kappa shape index (κ2) is 3.17. The van der Waals surface area contributed by atoms with Crippen molar-refractivity contribution in [2.24, 2.45) is 0 Å². The number of hydrogen-bond acceptors (Lipinski definition) is 4. The Labute approximate surface area is 90.1 Å². The number of halogens is 3. The van der Waals surface area contributed by atoms with E-state index in [1.54, 1.807) is 6.92 Å². The minimum absolute atomic E-state index is 0.0813. The van der Waals surface area contributed by atoms with E-state index in [0.717, 1.165) is 11.3 Å². The summed E-state index contributed by atoms with van der Waals surface area (Å²) in [6.07, 6.45) is -4.80. The molecule has 16 heavy (non-hydrogen) atoms. The van der Waals surface area contributed by atoms with Gasteiger partial charge in [0.1, 0.15) is 5.01 Å². The maximum Gasteiger partial charge on any atom is 0.435 e. The number of aromatic nitrogens is 3. The molecule has 0 aliphatic heterocycles. The zero-order valence-electron chi connectivity index (χ0n) is 7.74. The molecule has 0 aliphatic carbocycles. The lowest BCUT2D eigenvalue weighted by molar-refractivity contribution is -0.141. The highest BCUT2D eigenvalue weighted by molar-refractivity contribution is 7.16. The molecule has 5 nitrogen and oxygen atoms in total. The third kappa shape index (κ3) is 1.52. The Kier molecular flexibility index (Phi) is 2.15. The molecule has 0 spiro atoms. The first kappa shape index (κ1) is 10.9. The SMILES string of the molecule is Cc1nn2c(C(=O)O)c(C(F)(F)F)nc2s1. The van der Waals surface area contributed by atoms with Crippen molar-refractivity contribution in [2.45, 2.75) is 13.1 Å². The molecule has 0 unspecified atom stereocenters. The molecule has 86 valence electrons. The molecule has 0 radical (unpaired) electrons. The van der Waals surface area contributed by atoms with E-state index < -0.39 is 23.5 Å². The highest BCUT2D eigenvalue weighted by Crippen LogP contribution is 2.32. The summed E-state index contributed by atoms with van der Waals surface area (Å²) in [7, 11) is 0. The van der Waals surface area contributed by atoms with Crippen LogP contribution in [0, 0.1) is 6.92 Å². The van der Waals surface area contributed by atoms with Gasteiger partial charge in [0.15, 0.2) is 11.4 Å². The van der Waals surface area contributed by atoms with Crippen molar-refractivity contribution in [3.05, 3.63) is 16.4 Å². The van der Waals surface area contributed by atoms with Crippen LogP contribution in [0.4, 0.5) is 13.2 Å². The lowest BCUT2D eigenvalue weighted by Crippen LogP contribution is -2.14. The van der Waals surface area contributed by atoms with Gasteiger partial charge in [-0.1, -0.05) is 11.3 Å². The van der Waals surface area contributed by atoms with Gasteiger partial charge in [0.2, 0.25) is 4.96 Å². The number of rotatable bonds is 1. The van der Waals surface area contributed by atoms with E-state index >= 15 is 0 Å². The zero-order chi connectivity index (χ0) is 12.1. The minimum atomic E-state index is -4.80. The van der Waals surface area contributed by atoms with E-state index in [1.165, 1.54) is 0 Å². The first-order valence-electron chi connectivity index (χ1n) is 3.97. The average Bonchev–Trinajstić information content (AvgIpc) is 2.56. The molecular weight excluding hydrogens is 247 g/mol. The number of aryl methyl sites for hydroxylation is 1. The molecular formula is C7H4F3N3O2S. The number of alkyl halides is 3. The molecule has 0 saturated heterocycles. The molecule has 2 rings (SSSR count). The van der Waals surface area contributed by atoms with Gasteiger partial charge in [-0.25, -0.2) is 9.78 Å². The van der Waals surface area contributed by atoms with Crippen LogP contribution in [0.15, 0.2) is 0 Å². The fourth-order valence-corrected chi connectivity index (χ4v) is 1.98. The fraction of sp³-hybridized carbons (Fsp3) is 0.286. The van der Waals surface area contributed by atoms with Crippen molar-refractivity contribution in [3.8, 4) is 0 Å². The number of carboxylic acids is 1. The maximum atomic E-state index is 12.5. The van der Waals surface area contributed by atoms with Gasteiger partial charge in [-0.05, 0) is 6.92 Å². The quantitative estimate of drug-likeness (QED) is 0.839. The van der Waals surface area contributed by atoms with Crippen LogP contribution in [-0.4, -0.2) is 25.7 Å². The number of aromatic carboxylic acids is 1. The molecule has 0 saturated carbocycles. The number of fused-ring (bicyclic) bond motifs is 1. The molecule has 2 aromatic heterocycles. The Hall–Kier alpha value is -1.64. The van der Waals surface area contributed by atoms with Crippen LogP contribution in [-0.2, 0) is 6.18 Å². The van der Waals surface area contributed by atoms with Crippen molar-refractivity contribution < 1.29 is 23.1 Å². The number of imidazole rings is 1. The van der Waals surface area contributed by atoms with E-state index in [1.807, 2.05) is 0 Å². The number of hydrogen-bond donors (Lipinski definition) is 1. The molecule has 0 amide bonds. The van der Waals surface area contributed by atoms with Gasteiger partial charge in [0, 0.05) is 0 Å². The highest BCUT2D eigenvalue weighted by Gasteiger charge is 2.41. The second-order valence-corrected chi connectivity index (χ2v) is 4.09. The number of nitrogens with zero attached hydrogens (tertiary/aromatic N) is 3. The van der Waals surface area contributed by atoms with Gasteiger partial charge in [-0.3, -0.25) is 0 Å². The smallest absolute Gasteiger partial charge is 0.435 e. The van der Waals surface area contributed by atoms with E-state index in [2.05, 4.69) is 10.1 Å². The van der Waals surface area contributed by atoms with Crippen molar-refractivity contribution in [3.63, 3.8) is 0 Å². The lowest BCUT2D eigenvalue weighted by atomic mass is 10.3. The van der Waals surface area contributed by atoms with Gasteiger partial charge in [-0.15, -0.1) is 0 Å². The van der Waals surface area contributed by atoms with E-state index in [0.29, 0.717) is 9.52 Å². The Morgan fingerprint density at radius 1 is 1.50 bits per heavy atom. The molecule has 0 bridgehead atoms. The first-order chi connectivity index (χ1) is 7.30. The largest absolute Gasteiger partial charge is 0.476 e. The van der Waals surface area contributed by atoms with Crippen molar-refractivity contribution in [1.82, 2.24) is 14.6 Å². The van der Waals surface area contributed by atoms with Crippen LogP contribution in [0.5, 0.6) is 0 Å². The highest BCUT2D eigenvalue weighted by atomic mass is 32.1. The Bertz CT molecular complexity index is 571. The Balaban J connectivity index is 2.80. The second-order valence-electron chi connectivity index (χ2n) is 2.93. The number of carboxylic acid groups (broad SMARTS) is 1. The van der Waals surface area contributed by atoms with Gasteiger partial charge < -0.3 is 5.11 Å². The Morgan fingerprint density at radius 3 is 2.62 bits per heavy atom. The van der Waals surface area contributed by atoms with Crippen LogP contribution in [0.25, 0.3) is 4.96 Å². The normalized spacial score (nSPS) is 12.2. The van der Waals surface area contributed by atoms with Gasteiger partial charge in [-0.2, -0.15) is 22.8 Å². The maximum absolute atomic E-state index is 12.5. The van der Waals surface area contributed by atoms with Crippen molar-refractivity contribution >= 4 is 22.3 Å². The average molecular weight is 251 g/mol. The summed E-state index contributed by atoms with van der Waals surface area (Å²) in [5.74, 6) is -1.70. The molecule has 0 atom stereocenters. The van der Waals surface area contributed by atoms with Crippen molar-refractivity contribution in [1.29, 1.82) is 0 Å². The summed E-state index contributed by atoms with van der Waals surface area (Å²) in [6.45, 7) is 1.55. The summed E-state index contributed by atoms with van der Waals surface area (Å²) in [6, 6.07) is 0. The molecule has 0 aliphatic rings. The van der Waals surface area contributed by atoms with Gasteiger partial charge in [0.25, 0.3) is 0 Å². The van der Waals surface area contributed by atoms with Crippen LogP contribution >= 0.6 is 11.3 Å². The van der Waals surface area contributed by atoms with Crippen LogP contribution in [0.3, 0.4) is 0 Å². The standard InChI is InChI=1S/C7H4F3N3O2S/c1-2-12-13-3(5(14)15)4(7(8,9)10)11-6(13)16-2/h1H3,(H,14,15). The molecule has 1 N–H and O–H groups in total. The fourth-order valence-electron chi connectivity index (χ4n) is 1.23. The topological polar surface area (TPSA) is 67.5 Å². The minimum Gasteiger partial charge on any atom is -0.476 e. The Morgan fingerprint density at radius 2 is 2.12 bits per heavy atom. The molecule has 9 heteroatoms. The zero-order valence-corrected chi connectivity index (χ0v) is 8.56. The van der Waals surface area contributed by atoms with Gasteiger partial charge >= 0.3 is 12.1 Å². The molecule has 2 aromatic rings. The van der Waals surface area contributed by atoms with E-state index in [-0.39, 0.29) is 4.96 Å². The number of carbonyl (C=O) groups is 1. The predicted molar refractivity (Wildman–Crippen MR) is 47.6 cm³/mol. The summed E-state index contributed by atoms with van der Waals surface area (Å²) in [5.41, 5.74) is -2.37. The summed E-state index contributed by atoms with van der Waals surface area (Å²) in [5, 5.41) is 12.8. The van der Waals surface area contributed by atoms with Crippen LogP contribution in [0.1, 0.15) is 21.2 Å². The first-order valence-corrected chi connectivity index (χ1v) is 4.79. The molecule has 2 heterocycles. The third-order valence-corrected chi connectivity index (χ3v) is 2.60. The lowest BCUT2D eigenvalue weighted by Gasteiger charge is -2.02. The van der Waals surface area contributed by atoms with E-state index in [4.69, 9.17) is 5.11 Å². The predicted octanol–water partition coefficient (Wildman–Crippen LogP) is 1.82. The monoisotopic (exact) mass is 251 g/mol. The summed E-state index contributed by atoms with van der Waals surface area (Å²) >= 11 is 0.898. The van der Waals surface area contributed by atoms with Crippen molar-refractivity contribution in [2.75, 3.05) is 0 Å². The molecule has 0 aromatic carbocycles. The van der Waals surface area contributed by atoms with Gasteiger partial charge in [0.05, 0.1) is 0 Å². The van der Waals surface area contributed by atoms with Crippen LogP contribution in [0.2, 0.25) is 0 Å². The van der Waals surface area contributed by atoms with E-state index in [9.17, 15) is 18.0 Å². The summed E-state index contributed by atoms with van der Waals surface area (Å²) < 4.78 is 38.1. The van der Waals surface area contributed by atoms with Crippen LogP contribution < -0.4 is 0 Å². The third-order valence-electron chi connectivity index (χ3n) is 1.78. The molecule has 0 fully saturated rings.